The second-order valence-corrected chi connectivity index (χ2v) is 6.91. The SMILES string of the molecule is CN1C(=O)C(Cc2cnnn2Cc2ccccc2)C(=O)N(C)c2ccccc21.O. The van der Waals surface area contributed by atoms with E-state index in [4.69, 9.17) is 0 Å². The lowest BCUT2D eigenvalue weighted by Gasteiger charge is -2.19. The van der Waals surface area contributed by atoms with Gasteiger partial charge in [-0.25, -0.2) is 4.68 Å². The molecule has 0 atom stereocenters. The number of rotatable bonds is 4. The predicted octanol–water partition coefficient (Wildman–Crippen LogP) is 1.30. The molecule has 0 bridgehead atoms. The number of anilines is 2. The topological polar surface area (TPSA) is 103 Å². The molecule has 150 valence electrons. The van der Waals surface area contributed by atoms with Gasteiger partial charge < -0.3 is 15.3 Å². The zero-order valence-electron chi connectivity index (χ0n) is 16.3. The fraction of sp³-hybridized carbons (Fsp3) is 0.238. The molecule has 29 heavy (non-hydrogen) atoms. The van der Waals surface area contributed by atoms with Crippen LogP contribution in [0.3, 0.4) is 0 Å². The Kier molecular flexibility index (Phi) is 5.74. The number of nitrogens with zero attached hydrogens (tertiary/aromatic N) is 5. The number of para-hydroxylation sites is 2. The molecule has 0 unspecified atom stereocenters. The number of amides is 2. The van der Waals surface area contributed by atoms with E-state index in [1.54, 1.807) is 34.8 Å². The number of carbonyl (C=O) groups is 2. The lowest BCUT2D eigenvalue weighted by atomic mass is 10.0. The van der Waals surface area contributed by atoms with Gasteiger partial charge in [0, 0.05) is 20.5 Å². The zero-order valence-corrected chi connectivity index (χ0v) is 16.3. The van der Waals surface area contributed by atoms with E-state index in [2.05, 4.69) is 10.3 Å². The van der Waals surface area contributed by atoms with E-state index < -0.39 is 5.92 Å². The Morgan fingerprint density at radius 2 is 1.41 bits per heavy atom. The van der Waals surface area contributed by atoms with Crippen molar-refractivity contribution in [2.24, 2.45) is 5.92 Å². The summed E-state index contributed by atoms with van der Waals surface area (Å²) in [6.45, 7) is 0.539. The summed E-state index contributed by atoms with van der Waals surface area (Å²) in [4.78, 5) is 29.3. The molecular formula is C21H23N5O3. The summed E-state index contributed by atoms with van der Waals surface area (Å²) in [6.07, 6.45) is 1.88. The third-order valence-electron chi connectivity index (χ3n) is 5.15. The average molecular weight is 393 g/mol. The van der Waals surface area contributed by atoms with Gasteiger partial charge in [0.1, 0.15) is 5.92 Å². The molecule has 0 radical (unpaired) electrons. The highest BCUT2D eigenvalue weighted by molar-refractivity contribution is 6.17. The van der Waals surface area contributed by atoms with Gasteiger partial charge in [-0.15, -0.1) is 5.10 Å². The van der Waals surface area contributed by atoms with Crippen LogP contribution in [0.4, 0.5) is 11.4 Å². The minimum Gasteiger partial charge on any atom is -0.412 e. The van der Waals surface area contributed by atoms with E-state index in [1.165, 1.54) is 0 Å². The Labute approximate surface area is 168 Å². The Morgan fingerprint density at radius 3 is 2.00 bits per heavy atom. The summed E-state index contributed by atoms with van der Waals surface area (Å²) in [5.74, 6) is -1.28. The van der Waals surface area contributed by atoms with Crippen LogP contribution >= 0.6 is 0 Å². The van der Waals surface area contributed by atoms with Crippen LogP contribution in [0.5, 0.6) is 0 Å². The lowest BCUT2D eigenvalue weighted by molar-refractivity contribution is -0.131. The number of carbonyl (C=O) groups excluding carboxylic acids is 2. The molecule has 8 nitrogen and oxygen atoms in total. The average Bonchev–Trinajstić information content (AvgIpc) is 3.15. The number of hydrogen-bond acceptors (Lipinski definition) is 4. The molecule has 1 aromatic heterocycles. The quantitative estimate of drug-likeness (QED) is 0.623. The standard InChI is InChI=1S/C21H21N5O2.H2O/c1-24-18-10-6-7-11-19(18)25(2)21(28)17(20(24)27)12-16-13-22-23-26(16)14-15-8-4-3-5-9-15;/h3-11,13,17H,12,14H2,1-2H3;1H2. The first-order valence-corrected chi connectivity index (χ1v) is 9.11. The number of aromatic nitrogens is 3. The van der Waals surface area contributed by atoms with Gasteiger partial charge in [-0.05, 0) is 17.7 Å². The van der Waals surface area contributed by atoms with E-state index in [-0.39, 0.29) is 23.7 Å². The number of fused-ring (bicyclic) bond motifs is 1. The molecule has 4 rings (SSSR count). The summed E-state index contributed by atoms with van der Waals surface area (Å²) in [5, 5.41) is 8.14. The van der Waals surface area contributed by atoms with Crippen LogP contribution in [0.1, 0.15) is 11.3 Å². The van der Waals surface area contributed by atoms with Gasteiger partial charge in [0.15, 0.2) is 0 Å². The molecule has 2 aromatic carbocycles. The van der Waals surface area contributed by atoms with Crippen LogP contribution in [-0.4, -0.2) is 46.4 Å². The van der Waals surface area contributed by atoms with Gasteiger partial charge in [-0.1, -0.05) is 47.7 Å². The van der Waals surface area contributed by atoms with Crippen LogP contribution in [-0.2, 0) is 22.6 Å². The molecule has 2 amide bonds. The maximum Gasteiger partial charge on any atom is 0.239 e. The van der Waals surface area contributed by atoms with Crippen molar-refractivity contribution in [1.29, 1.82) is 0 Å². The molecule has 8 heteroatoms. The number of benzene rings is 2. The van der Waals surface area contributed by atoms with Gasteiger partial charge in [0.05, 0.1) is 29.8 Å². The van der Waals surface area contributed by atoms with E-state index in [0.717, 1.165) is 22.6 Å². The first-order valence-electron chi connectivity index (χ1n) is 9.11. The Balaban J connectivity index is 0.00000240. The fourth-order valence-electron chi connectivity index (χ4n) is 3.55. The van der Waals surface area contributed by atoms with Gasteiger partial charge in [0.2, 0.25) is 11.8 Å². The number of hydrogen-bond donors (Lipinski definition) is 0. The molecule has 1 aliphatic heterocycles. The molecule has 1 aliphatic rings. The maximum absolute atomic E-state index is 13.1. The predicted molar refractivity (Wildman–Crippen MR) is 110 cm³/mol. The van der Waals surface area contributed by atoms with Crippen molar-refractivity contribution in [3.8, 4) is 0 Å². The molecule has 0 saturated carbocycles. The van der Waals surface area contributed by atoms with E-state index in [1.807, 2.05) is 54.6 Å². The summed E-state index contributed by atoms with van der Waals surface area (Å²) < 4.78 is 1.74. The Hall–Kier alpha value is -3.52. The molecule has 2 heterocycles. The lowest BCUT2D eigenvalue weighted by Crippen LogP contribution is -2.41. The van der Waals surface area contributed by atoms with Crippen molar-refractivity contribution >= 4 is 23.2 Å². The van der Waals surface area contributed by atoms with E-state index in [0.29, 0.717) is 6.54 Å². The van der Waals surface area contributed by atoms with Gasteiger partial charge in [-0.2, -0.15) is 0 Å². The highest BCUT2D eigenvalue weighted by Crippen LogP contribution is 2.33. The molecule has 0 spiro atoms. The summed E-state index contributed by atoms with van der Waals surface area (Å²) >= 11 is 0. The second kappa shape index (κ2) is 8.24. The third kappa shape index (κ3) is 3.74. The van der Waals surface area contributed by atoms with Crippen molar-refractivity contribution in [3.05, 3.63) is 72.1 Å². The van der Waals surface area contributed by atoms with E-state index >= 15 is 0 Å². The zero-order chi connectivity index (χ0) is 19.7. The van der Waals surface area contributed by atoms with Crippen LogP contribution in [0.2, 0.25) is 0 Å². The van der Waals surface area contributed by atoms with Gasteiger partial charge >= 0.3 is 0 Å². The monoisotopic (exact) mass is 393 g/mol. The van der Waals surface area contributed by atoms with Crippen molar-refractivity contribution in [3.63, 3.8) is 0 Å². The molecule has 2 N–H and O–H groups in total. The van der Waals surface area contributed by atoms with Crippen molar-refractivity contribution < 1.29 is 15.1 Å². The second-order valence-electron chi connectivity index (χ2n) is 6.91. The van der Waals surface area contributed by atoms with Crippen molar-refractivity contribution in [2.45, 2.75) is 13.0 Å². The summed E-state index contributed by atoms with van der Waals surface area (Å²) in [6, 6.07) is 17.3. The molecule has 0 fully saturated rings. The van der Waals surface area contributed by atoms with Crippen LogP contribution in [0.15, 0.2) is 60.8 Å². The van der Waals surface area contributed by atoms with Gasteiger partial charge in [0.25, 0.3) is 0 Å². The minimum absolute atomic E-state index is 0. The summed E-state index contributed by atoms with van der Waals surface area (Å²) in [5.41, 5.74) is 3.28. The smallest absolute Gasteiger partial charge is 0.239 e. The van der Waals surface area contributed by atoms with Crippen LogP contribution in [0.25, 0.3) is 0 Å². The summed E-state index contributed by atoms with van der Waals surface area (Å²) in [7, 11) is 3.42. The van der Waals surface area contributed by atoms with E-state index in [9.17, 15) is 9.59 Å². The molecular weight excluding hydrogens is 370 g/mol. The maximum atomic E-state index is 13.1. The first-order chi connectivity index (χ1) is 13.6. The Bertz CT molecular complexity index is 977. The normalized spacial score (nSPS) is 14.4. The Morgan fingerprint density at radius 1 is 0.862 bits per heavy atom. The third-order valence-corrected chi connectivity index (χ3v) is 5.15. The molecule has 0 saturated heterocycles. The first kappa shape index (κ1) is 20.2. The minimum atomic E-state index is -0.824. The van der Waals surface area contributed by atoms with Gasteiger partial charge in [-0.3, -0.25) is 9.59 Å². The molecule has 0 aliphatic carbocycles. The molecule has 3 aromatic rings. The highest BCUT2D eigenvalue weighted by Gasteiger charge is 2.38. The highest BCUT2D eigenvalue weighted by atomic mass is 16.2. The van der Waals surface area contributed by atoms with Crippen molar-refractivity contribution in [2.75, 3.05) is 23.9 Å². The largest absolute Gasteiger partial charge is 0.412 e. The van der Waals surface area contributed by atoms with Crippen molar-refractivity contribution in [1.82, 2.24) is 15.0 Å². The van der Waals surface area contributed by atoms with Crippen LogP contribution in [0, 0.1) is 5.92 Å². The van der Waals surface area contributed by atoms with Crippen LogP contribution < -0.4 is 9.80 Å². The fourth-order valence-corrected chi connectivity index (χ4v) is 3.55.